The predicted octanol–water partition coefficient (Wildman–Crippen LogP) is 1.61. The van der Waals surface area contributed by atoms with Crippen molar-refractivity contribution >= 4 is 12.0 Å². The van der Waals surface area contributed by atoms with Gasteiger partial charge >= 0.3 is 0 Å². The van der Waals surface area contributed by atoms with Gasteiger partial charge < -0.3 is 4.18 Å². The molecule has 0 N–H and O–H groups in total. The maximum atomic E-state index is 5.02. The van der Waals surface area contributed by atoms with Crippen molar-refractivity contribution in [2.75, 3.05) is 12.4 Å². The number of hydrogen-bond acceptors (Lipinski definition) is 2. The van der Waals surface area contributed by atoms with Crippen LogP contribution in [-0.4, -0.2) is 12.4 Å². The van der Waals surface area contributed by atoms with Crippen LogP contribution in [0.5, 0.6) is 0 Å². The zero-order valence-corrected chi connectivity index (χ0v) is 4.91. The summed E-state index contributed by atoms with van der Waals surface area (Å²) < 4.78 is 5.02. The average Bonchev–Trinajstić information content (AvgIpc) is 1.90. The highest BCUT2D eigenvalue weighted by Gasteiger charge is 1.88. The SMILES string of the molecule is C1=CCOSCC1. The second-order valence-electron chi connectivity index (χ2n) is 1.37. The third kappa shape index (κ3) is 2.00. The summed E-state index contributed by atoms with van der Waals surface area (Å²) in [5.74, 6) is 1.11. The van der Waals surface area contributed by atoms with Crippen molar-refractivity contribution in [3.05, 3.63) is 12.2 Å². The van der Waals surface area contributed by atoms with E-state index in [-0.39, 0.29) is 0 Å². The average molecular weight is 116 g/mol. The summed E-state index contributed by atoms with van der Waals surface area (Å²) in [6.45, 7) is 0.782. The molecule has 1 heterocycles. The molecule has 0 radical (unpaired) electrons. The highest BCUT2D eigenvalue weighted by molar-refractivity contribution is 7.94. The number of hydrogen-bond donors (Lipinski definition) is 0. The molecule has 0 spiro atoms. The number of allylic oxidation sites excluding steroid dienone is 1. The molecule has 0 saturated heterocycles. The van der Waals surface area contributed by atoms with Crippen LogP contribution in [0.15, 0.2) is 12.2 Å². The lowest BCUT2D eigenvalue weighted by molar-refractivity contribution is 0.431. The van der Waals surface area contributed by atoms with Gasteiger partial charge in [0.15, 0.2) is 0 Å². The second kappa shape index (κ2) is 3.10. The van der Waals surface area contributed by atoms with E-state index in [4.69, 9.17) is 4.18 Å². The topological polar surface area (TPSA) is 9.23 Å². The molecule has 7 heavy (non-hydrogen) atoms. The van der Waals surface area contributed by atoms with Crippen LogP contribution >= 0.6 is 12.0 Å². The molecule has 0 unspecified atom stereocenters. The lowest BCUT2D eigenvalue weighted by atomic mass is 10.4. The van der Waals surface area contributed by atoms with Gasteiger partial charge in [0, 0.05) is 5.75 Å². The van der Waals surface area contributed by atoms with Crippen LogP contribution in [0, 0.1) is 0 Å². The summed E-state index contributed by atoms with van der Waals surface area (Å²) in [6.07, 6.45) is 5.37. The highest BCUT2D eigenvalue weighted by Crippen LogP contribution is 2.07. The molecule has 2 heteroatoms. The minimum atomic E-state index is 0.782. The van der Waals surface area contributed by atoms with E-state index in [0.717, 1.165) is 18.8 Å². The Hall–Kier alpha value is 0.0500. The van der Waals surface area contributed by atoms with Crippen molar-refractivity contribution in [3.8, 4) is 0 Å². The standard InChI is InChI=1S/C5H8OS/c1-2-4-6-7-5-3-1/h1-2H,3-5H2. The van der Waals surface area contributed by atoms with Crippen LogP contribution in [0.4, 0.5) is 0 Å². The van der Waals surface area contributed by atoms with Crippen molar-refractivity contribution in [2.24, 2.45) is 0 Å². The molecule has 0 aromatic heterocycles. The molecule has 0 fully saturated rings. The Bertz CT molecular complexity index is 62.5. The second-order valence-corrected chi connectivity index (χ2v) is 2.25. The Labute approximate surface area is 47.9 Å². The van der Waals surface area contributed by atoms with Gasteiger partial charge in [0.1, 0.15) is 0 Å². The van der Waals surface area contributed by atoms with Gasteiger partial charge in [0.2, 0.25) is 0 Å². The van der Waals surface area contributed by atoms with Gasteiger partial charge in [-0.15, -0.1) is 0 Å². The minimum Gasteiger partial charge on any atom is -0.311 e. The molecule has 0 atom stereocenters. The first kappa shape index (κ1) is 5.19. The Morgan fingerprint density at radius 2 is 2.43 bits per heavy atom. The van der Waals surface area contributed by atoms with Gasteiger partial charge in [0.25, 0.3) is 0 Å². The van der Waals surface area contributed by atoms with E-state index in [9.17, 15) is 0 Å². The summed E-state index contributed by atoms with van der Waals surface area (Å²) in [5.41, 5.74) is 0. The molecule has 0 amide bonds. The molecule has 1 nitrogen and oxygen atoms in total. The summed E-state index contributed by atoms with van der Waals surface area (Å²) in [7, 11) is 0. The highest BCUT2D eigenvalue weighted by atomic mass is 32.2. The molecule has 0 aliphatic carbocycles. The quantitative estimate of drug-likeness (QED) is 0.351. The monoisotopic (exact) mass is 116 g/mol. The smallest absolute Gasteiger partial charge is 0.0795 e. The van der Waals surface area contributed by atoms with Gasteiger partial charge in [-0.25, -0.2) is 0 Å². The van der Waals surface area contributed by atoms with E-state index in [0.29, 0.717) is 0 Å². The molecule has 1 aliphatic rings. The summed E-state index contributed by atoms with van der Waals surface area (Å²) in [6, 6.07) is 0. The maximum absolute atomic E-state index is 5.02. The van der Waals surface area contributed by atoms with Crippen LogP contribution in [0.1, 0.15) is 6.42 Å². The summed E-state index contributed by atoms with van der Waals surface area (Å²) in [5, 5.41) is 0. The zero-order chi connectivity index (χ0) is 4.95. The summed E-state index contributed by atoms with van der Waals surface area (Å²) >= 11 is 1.55. The van der Waals surface area contributed by atoms with Crippen LogP contribution in [0.25, 0.3) is 0 Å². The van der Waals surface area contributed by atoms with Crippen molar-refractivity contribution in [1.29, 1.82) is 0 Å². The lowest BCUT2D eigenvalue weighted by Gasteiger charge is -1.89. The first-order valence-corrected chi connectivity index (χ1v) is 3.30. The third-order valence-corrected chi connectivity index (χ3v) is 1.49. The van der Waals surface area contributed by atoms with Crippen LogP contribution in [-0.2, 0) is 4.18 Å². The largest absolute Gasteiger partial charge is 0.311 e. The van der Waals surface area contributed by atoms with Crippen molar-refractivity contribution in [1.82, 2.24) is 0 Å². The fourth-order valence-electron chi connectivity index (χ4n) is 0.448. The Morgan fingerprint density at radius 3 is 3.43 bits per heavy atom. The fourth-order valence-corrected chi connectivity index (χ4v) is 0.973. The molecule has 40 valence electrons. The minimum absolute atomic E-state index is 0.782. The molecule has 0 aromatic carbocycles. The Balaban J connectivity index is 2.20. The molecule has 0 aromatic rings. The molecule has 1 rings (SSSR count). The Morgan fingerprint density at radius 1 is 1.43 bits per heavy atom. The summed E-state index contributed by atoms with van der Waals surface area (Å²) in [4.78, 5) is 0. The normalized spacial score (nSPS) is 21.7. The lowest BCUT2D eigenvalue weighted by Crippen LogP contribution is -1.75. The third-order valence-electron chi connectivity index (χ3n) is 0.782. The van der Waals surface area contributed by atoms with E-state index in [1.165, 1.54) is 0 Å². The van der Waals surface area contributed by atoms with Gasteiger partial charge in [-0.1, -0.05) is 12.2 Å². The Kier molecular flexibility index (Phi) is 2.30. The van der Waals surface area contributed by atoms with E-state index < -0.39 is 0 Å². The maximum Gasteiger partial charge on any atom is 0.0795 e. The number of rotatable bonds is 0. The molecule has 1 aliphatic heterocycles. The zero-order valence-electron chi connectivity index (χ0n) is 4.09. The molecule has 0 saturated carbocycles. The van der Waals surface area contributed by atoms with E-state index in [1.54, 1.807) is 12.0 Å². The van der Waals surface area contributed by atoms with Crippen LogP contribution in [0.2, 0.25) is 0 Å². The molecular weight excluding hydrogens is 108 g/mol. The van der Waals surface area contributed by atoms with Gasteiger partial charge in [-0.2, -0.15) is 0 Å². The van der Waals surface area contributed by atoms with Crippen LogP contribution < -0.4 is 0 Å². The van der Waals surface area contributed by atoms with Crippen LogP contribution in [0.3, 0.4) is 0 Å². The van der Waals surface area contributed by atoms with E-state index >= 15 is 0 Å². The van der Waals surface area contributed by atoms with Gasteiger partial charge in [-0.3, -0.25) is 0 Å². The van der Waals surface area contributed by atoms with Gasteiger partial charge in [-0.05, 0) is 18.5 Å². The van der Waals surface area contributed by atoms with Gasteiger partial charge in [0.05, 0.1) is 6.61 Å². The first-order valence-electron chi connectivity index (χ1n) is 2.39. The van der Waals surface area contributed by atoms with E-state index in [1.807, 2.05) is 0 Å². The fraction of sp³-hybridized carbons (Fsp3) is 0.600. The van der Waals surface area contributed by atoms with Crippen molar-refractivity contribution in [3.63, 3.8) is 0 Å². The molecule has 0 bridgehead atoms. The molecular formula is C5H8OS. The van der Waals surface area contributed by atoms with E-state index in [2.05, 4.69) is 12.2 Å². The predicted molar refractivity (Wildman–Crippen MR) is 32.2 cm³/mol. The first-order chi connectivity index (χ1) is 3.50. The van der Waals surface area contributed by atoms with Crippen molar-refractivity contribution in [2.45, 2.75) is 6.42 Å². The van der Waals surface area contributed by atoms with Crippen molar-refractivity contribution < 1.29 is 4.18 Å².